The maximum Gasteiger partial charge on any atom is 0.252 e. The van der Waals surface area contributed by atoms with Crippen molar-refractivity contribution in [2.45, 2.75) is 37.5 Å². The monoisotopic (exact) mass is 339 g/mol. The third-order valence-electron chi connectivity index (χ3n) is 3.93. The minimum Gasteiger partial charge on any atom is -0.373 e. The van der Waals surface area contributed by atoms with Crippen molar-refractivity contribution < 1.29 is 14.3 Å². The minimum absolute atomic E-state index is 0.0300. The standard InChI is InChI=1S/C15H18BrNO3/c16-12-4-2-1-3-11(12)15(18)17-10-5-6-13-14(9-10)20-8-7-19-13/h1-4,10,13-14H,5-9H2,(H,17,18). The van der Waals surface area contributed by atoms with Crippen LogP contribution in [0.2, 0.25) is 0 Å². The Labute approximate surface area is 127 Å². The summed E-state index contributed by atoms with van der Waals surface area (Å²) in [6.45, 7) is 1.35. The van der Waals surface area contributed by atoms with Gasteiger partial charge in [-0.1, -0.05) is 12.1 Å². The minimum atomic E-state index is -0.0300. The SMILES string of the molecule is O=C(NC1CCC2OCCOC2C1)c1ccccc1Br. The molecule has 2 aliphatic rings. The van der Waals surface area contributed by atoms with Crippen molar-refractivity contribution in [3.63, 3.8) is 0 Å². The van der Waals surface area contributed by atoms with Crippen LogP contribution in [0.15, 0.2) is 28.7 Å². The van der Waals surface area contributed by atoms with Gasteiger partial charge in [-0.25, -0.2) is 0 Å². The molecule has 1 saturated carbocycles. The number of halogens is 1. The topological polar surface area (TPSA) is 47.6 Å². The largest absolute Gasteiger partial charge is 0.373 e. The third-order valence-corrected chi connectivity index (χ3v) is 4.62. The van der Waals surface area contributed by atoms with E-state index in [9.17, 15) is 4.79 Å². The van der Waals surface area contributed by atoms with E-state index in [1.807, 2.05) is 24.3 Å². The van der Waals surface area contributed by atoms with Crippen LogP contribution in [0.4, 0.5) is 0 Å². The van der Waals surface area contributed by atoms with E-state index in [1.54, 1.807) is 0 Å². The molecular weight excluding hydrogens is 322 g/mol. The molecule has 1 aliphatic carbocycles. The highest BCUT2D eigenvalue weighted by Gasteiger charge is 2.34. The molecule has 5 heteroatoms. The van der Waals surface area contributed by atoms with Gasteiger partial charge in [-0.2, -0.15) is 0 Å². The van der Waals surface area contributed by atoms with Crippen molar-refractivity contribution >= 4 is 21.8 Å². The van der Waals surface area contributed by atoms with Crippen LogP contribution in [-0.2, 0) is 9.47 Å². The highest BCUT2D eigenvalue weighted by Crippen LogP contribution is 2.27. The lowest BCUT2D eigenvalue weighted by atomic mass is 9.89. The molecule has 0 radical (unpaired) electrons. The van der Waals surface area contributed by atoms with E-state index in [1.165, 1.54) is 0 Å². The molecule has 1 saturated heterocycles. The fourth-order valence-electron chi connectivity index (χ4n) is 2.91. The zero-order valence-corrected chi connectivity index (χ0v) is 12.8. The molecule has 108 valence electrons. The predicted octanol–water partition coefficient (Wildman–Crippen LogP) is 2.52. The summed E-state index contributed by atoms with van der Waals surface area (Å²) in [6, 6.07) is 7.64. The zero-order valence-electron chi connectivity index (χ0n) is 11.2. The van der Waals surface area contributed by atoms with E-state index in [2.05, 4.69) is 21.2 Å². The Balaban J connectivity index is 1.61. The van der Waals surface area contributed by atoms with Crippen molar-refractivity contribution in [1.82, 2.24) is 5.32 Å². The number of benzene rings is 1. The van der Waals surface area contributed by atoms with Gasteiger partial charge in [0.1, 0.15) is 0 Å². The second-order valence-corrected chi connectivity index (χ2v) is 6.14. The quantitative estimate of drug-likeness (QED) is 0.900. The molecule has 1 aromatic rings. The molecule has 4 nitrogen and oxygen atoms in total. The molecule has 0 aromatic heterocycles. The number of ether oxygens (including phenoxy) is 2. The van der Waals surface area contributed by atoms with Gasteiger partial charge in [0.05, 0.1) is 31.0 Å². The van der Waals surface area contributed by atoms with E-state index < -0.39 is 0 Å². The summed E-state index contributed by atoms with van der Waals surface area (Å²) in [4.78, 5) is 12.3. The number of hydrogen-bond donors (Lipinski definition) is 1. The molecule has 0 bridgehead atoms. The van der Waals surface area contributed by atoms with Crippen molar-refractivity contribution in [3.05, 3.63) is 34.3 Å². The van der Waals surface area contributed by atoms with E-state index in [0.717, 1.165) is 23.7 Å². The van der Waals surface area contributed by atoms with Gasteiger partial charge in [0, 0.05) is 10.5 Å². The van der Waals surface area contributed by atoms with Crippen LogP contribution in [0.5, 0.6) is 0 Å². The van der Waals surface area contributed by atoms with Crippen LogP contribution >= 0.6 is 15.9 Å². The fraction of sp³-hybridized carbons (Fsp3) is 0.533. The number of fused-ring (bicyclic) bond motifs is 1. The van der Waals surface area contributed by atoms with Crippen molar-refractivity contribution in [2.24, 2.45) is 0 Å². The molecule has 1 aromatic carbocycles. The van der Waals surface area contributed by atoms with Crippen LogP contribution in [0.25, 0.3) is 0 Å². The second-order valence-electron chi connectivity index (χ2n) is 5.28. The Morgan fingerprint density at radius 1 is 1.15 bits per heavy atom. The summed E-state index contributed by atoms with van der Waals surface area (Å²) in [5.41, 5.74) is 0.676. The second kappa shape index (κ2) is 6.24. The first-order valence-electron chi connectivity index (χ1n) is 7.02. The zero-order chi connectivity index (χ0) is 13.9. The molecule has 0 spiro atoms. The molecule has 1 amide bonds. The summed E-state index contributed by atoms with van der Waals surface area (Å²) < 4.78 is 12.3. The van der Waals surface area contributed by atoms with Crippen LogP contribution < -0.4 is 5.32 Å². The Morgan fingerprint density at radius 2 is 1.90 bits per heavy atom. The highest BCUT2D eigenvalue weighted by atomic mass is 79.9. The van der Waals surface area contributed by atoms with Crippen molar-refractivity contribution in [2.75, 3.05) is 13.2 Å². The average Bonchev–Trinajstić information content (AvgIpc) is 2.47. The highest BCUT2D eigenvalue weighted by molar-refractivity contribution is 9.10. The normalized spacial score (nSPS) is 29.6. The van der Waals surface area contributed by atoms with E-state index >= 15 is 0 Å². The summed E-state index contributed by atoms with van der Waals surface area (Å²) in [6.07, 6.45) is 3.06. The van der Waals surface area contributed by atoms with Gasteiger partial charge in [0.15, 0.2) is 0 Å². The lowest BCUT2D eigenvalue weighted by Gasteiger charge is -2.39. The predicted molar refractivity (Wildman–Crippen MR) is 78.7 cm³/mol. The Bertz CT molecular complexity index is 494. The van der Waals surface area contributed by atoms with Crippen LogP contribution in [-0.4, -0.2) is 37.4 Å². The number of rotatable bonds is 2. The number of hydrogen-bond acceptors (Lipinski definition) is 3. The van der Waals surface area contributed by atoms with Crippen molar-refractivity contribution in [3.8, 4) is 0 Å². The van der Waals surface area contributed by atoms with E-state index in [4.69, 9.17) is 9.47 Å². The molecule has 3 rings (SSSR count). The van der Waals surface area contributed by atoms with Gasteiger partial charge in [0.2, 0.25) is 0 Å². The van der Waals surface area contributed by atoms with E-state index in [-0.39, 0.29) is 24.2 Å². The maximum absolute atomic E-state index is 12.3. The Morgan fingerprint density at radius 3 is 2.70 bits per heavy atom. The van der Waals surface area contributed by atoms with Crippen LogP contribution in [0, 0.1) is 0 Å². The molecule has 3 unspecified atom stereocenters. The molecular formula is C15H18BrNO3. The van der Waals surface area contributed by atoms with Gasteiger partial charge in [-0.3, -0.25) is 4.79 Å². The Hall–Kier alpha value is -0.910. The van der Waals surface area contributed by atoms with Gasteiger partial charge in [-0.15, -0.1) is 0 Å². The van der Waals surface area contributed by atoms with Gasteiger partial charge < -0.3 is 14.8 Å². The first-order chi connectivity index (χ1) is 9.74. The number of nitrogens with one attached hydrogen (secondary N) is 1. The number of carbonyl (C=O) groups is 1. The first kappa shape index (κ1) is 14.0. The molecule has 1 heterocycles. The lowest BCUT2D eigenvalue weighted by Crippen LogP contribution is -2.49. The maximum atomic E-state index is 12.3. The summed E-state index contributed by atoms with van der Waals surface area (Å²) in [5, 5.41) is 3.10. The smallest absolute Gasteiger partial charge is 0.252 e. The molecule has 1 aliphatic heterocycles. The van der Waals surface area contributed by atoms with Crippen LogP contribution in [0.1, 0.15) is 29.6 Å². The van der Waals surface area contributed by atoms with Crippen LogP contribution in [0.3, 0.4) is 0 Å². The summed E-state index contributed by atoms with van der Waals surface area (Å²) >= 11 is 3.41. The molecule has 1 N–H and O–H groups in total. The van der Waals surface area contributed by atoms with Gasteiger partial charge >= 0.3 is 0 Å². The van der Waals surface area contributed by atoms with Gasteiger partial charge in [0.25, 0.3) is 5.91 Å². The van der Waals surface area contributed by atoms with E-state index in [0.29, 0.717) is 18.8 Å². The Kier molecular flexibility index (Phi) is 4.38. The number of amides is 1. The average molecular weight is 340 g/mol. The lowest BCUT2D eigenvalue weighted by molar-refractivity contribution is -0.157. The molecule has 20 heavy (non-hydrogen) atoms. The fourth-order valence-corrected chi connectivity index (χ4v) is 3.37. The third kappa shape index (κ3) is 3.05. The summed E-state index contributed by atoms with van der Waals surface area (Å²) in [7, 11) is 0. The summed E-state index contributed by atoms with van der Waals surface area (Å²) in [5.74, 6) is -0.0300. The van der Waals surface area contributed by atoms with Crippen molar-refractivity contribution in [1.29, 1.82) is 0 Å². The first-order valence-corrected chi connectivity index (χ1v) is 7.82. The molecule has 3 atom stereocenters. The number of carbonyl (C=O) groups excluding carboxylic acids is 1. The van der Waals surface area contributed by atoms with Gasteiger partial charge in [-0.05, 0) is 47.3 Å². The molecule has 2 fully saturated rings.